The molecule has 6 nitrogen and oxygen atoms in total. The molecule has 0 spiro atoms. The fraction of sp³-hybridized carbons (Fsp3) is 0.500. The average molecular weight is 309 g/mol. The molecule has 0 N–H and O–H groups in total. The van der Waals surface area contributed by atoms with E-state index in [4.69, 9.17) is 9.47 Å². The summed E-state index contributed by atoms with van der Waals surface area (Å²) in [6.07, 6.45) is 1.36. The number of hydrogen-bond acceptors (Lipinski definition) is 6. The normalized spacial score (nSPS) is 12.8. The van der Waals surface area contributed by atoms with Gasteiger partial charge in [0.25, 0.3) is 0 Å². The molecule has 0 unspecified atom stereocenters. The predicted molar refractivity (Wildman–Crippen MR) is 81.3 cm³/mol. The number of hydrogen-bond donors (Lipinski definition) is 0. The van der Waals surface area contributed by atoms with E-state index in [2.05, 4.69) is 30.9 Å². The third kappa shape index (κ3) is 2.78. The van der Waals surface area contributed by atoms with Crippen LogP contribution in [0.15, 0.2) is 6.26 Å². The number of methoxy groups -OCH3 is 2. The van der Waals surface area contributed by atoms with Crippen molar-refractivity contribution in [3.63, 3.8) is 0 Å². The number of imidazole rings is 1. The van der Waals surface area contributed by atoms with Gasteiger partial charge in [-0.3, -0.25) is 0 Å². The Labute approximate surface area is 127 Å². The highest BCUT2D eigenvalue weighted by molar-refractivity contribution is 7.16. The monoisotopic (exact) mass is 309 g/mol. The summed E-state index contributed by atoms with van der Waals surface area (Å²) in [5, 5.41) is 5.54. The molecule has 2 aromatic rings. The van der Waals surface area contributed by atoms with Crippen LogP contribution in [0.3, 0.4) is 0 Å². The molecular weight excluding hydrogens is 290 g/mol. The van der Waals surface area contributed by atoms with Crippen LogP contribution in [0, 0.1) is 6.92 Å². The van der Waals surface area contributed by atoms with Gasteiger partial charge in [-0.1, -0.05) is 32.1 Å². The quantitative estimate of drug-likeness (QED) is 0.495. The zero-order valence-electron chi connectivity index (χ0n) is 13.1. The van der Waals surface area contributed by atoms with Crippen molar-refractivity contribution in [2.45, 2.75) is 33.1 Å². The maximum absolute atomic E-state index is 12.0. The number of carbonyl (C=O) groups is 1. The third-order valence-corrected chi connectivity index (χ3v) is 4.25. The Morgan fingerprint density at radius 3 is 2.52 bits per heavy atom. The van der Waals surface area contributed by atoms with Gasteiger partial charge in [0, 0.05) is 5.41 Å². The summed E-state index contributed by atoms with van der Waals surface area (Å²) in [5.74, 6) is -0.480. The summed E-state index contributed by atoms with van der Waals surface area (Å²) in [6, 6.07) is 0. The molecule has 0 radical (unpaired) electrons. The molecule has 0 saturated carbocycles. The number of esters is 1. The zero-order valence-corrected chi connectivity index (χ0v) is 13.9. The Kier molecular flexibility index (Phi) is 4.04. The van der Waals surface area contributed by atoms with Crippen molar-refractivity contribution in [1.29, 1.82) is 0 Å². The number of nitrogens with zero attached hydrogens (tertiary/aromatic N) is 3. The third-order valence-electron chi connectivity index (χ3n) is 2.92. The standard InChI is InChI=1S/C14H19N3O3S/c1-8-10(9(7-19-5)11(18)20-6)17-13(15-8)21-12(16-17)14(2,3)4/h7H,1-6H3. The summed E-state index contributed by atoms with van der Waals surface area (Å²) >= 11 is 1.51. The van der Waals surface area contributed by atoms with Crippen LogP contribution >= 0.6 is 11.3 Å². The van der Waals surface area contributed by atoms with Crippen LogP contribution in [0.2, 0.25) is 0 Å². The average Bonchev–Trinajstić information content (AvgIpc) is 2.92. The van der Waals surface area contributed by atoms with Crippen LogP contribution in [-0.4, -0.2) is 34.8 Å². The Hall–Kier alpha value is -1.89. The molecule has 0 amide bonds. The highest BCUT2D eigenvalue weighted by Gasteiger charge is 2.26. The van der Waals surface area contributed by atoms with Gasteiger partial charge in [0.15, 0.2) is 0 Å². The molecule has 2 aromatic heterocycles. The van der Waals surface area contributed by atoms with Gasteiger partial charge in [-0.15, -0.1) is 0 Å². The van der Waals surface area contributed by atoms with Crippen molar-refractivity contribution >= 4 is 27.8 Å². The number of fused-ring (bicyclic) bond motifs is 1. The lowest BCUT2D eigenvalue weighted by Gasteiger charge is -2.12. The van der Waals surface area contributed by atoms with Crippen LogP contribution in [0.25, 0.3) is 10.5 Å². The van der Waals surface area contributed by atoms with Crippen molar-refractivity contribution < 1.29 is 14.3 Å². The van der Waals surface area contributed by atoms with Crippen molar-refractivity contribution in [3.05, 3.63) is 22.7 Å². The number of aryl methyl sites for hydroxylation is 1. The largest absolute Gasteiger partial charge is 0.503 e. The van der Waals surface area contributed by atoms with Crippen molar-refractivity contribution in [1.82, 2.24) is 14.6 Å². The van der Waals surface area contributed by atoms with Crippen molar-refractivity contribution in [2.75, 3.05) is 14.2 Å². The summed E-state index contributed by atoms with van der Waals surface area (Å²) in [7, 11) is 2.82. The molecule has 0 aromatic carbocycles. The highest BCUT2D eigenvalue weighted by atomic mass is 32.1. The number of ether oxygens (including phenoxy) is 2. The van der Waals surface area contributed by atoms with Crippen LogP contribution in [0.1, 0.15) is 37.2 Å². The minimum Gasteiger partial charge on any atom is -0.503 e. The molecule has 0 aliphatic carbocycles. The Balaban J connectivity index is 2.67. The van der Waals surface area contributed by atoms with Crippen molar-refractivity contribution in [3.8, 4) is 0 Å². The first-order chi connectivity index (χ1) is 9.79. The summed E-state index contributed by atoms with van der Waals surface area (Å²) < 4.78 is 11.5. The van der Waals surface area contributed by atoms with E-state index in [9.17, 15) is 4.79 Å². The van der Waals surface area contributed by atoms with Gasteiger partial charge in [0.05, 0.1) is 26.2 Å². The number of rotatable bonds is 3. The van der Waals surface area contributed by atoms with E-state index in [1.807, 2.05) is 6.92 Å². The second kappa shape index (κ2) is 5.48. The molecule has 7 heteroatoms. The summed E-state index contributed by atoms with van der Waals surface area (Å²) in [5.41, 5.74) is 1.54. The molecule has 0 saturated heterocycles. The van der Waals surface area contributed by atoms with Gasteiger partial charge in [0.2, 0.25) is 4.96 Å². The van der Waals surface area contributed by atoms with Crippen LogP contribution in [0.4, 0.5) is 0 Å². The van der Waals surface area contributed by atoms with E-state index in [-0.39, 0.29) is 5.41 Å². The van der Waals surface area contributed by atoms with Crippen LogP contribution in [0.5, 0.6) is 0 Å². The maximum atomic E-state index is 12.0. The predicted octanol–water partition coefficient (Wildman–Crippen LogP) is 2.56. The van der Waals surface area contributed by atoms with Crippen LogP contribution < -0.4 is 0 Å². The lowest BCUT2D eigenvalue weighted by Crippen LogP contribution is -2.12. The van der Waals surface area contributed by atoms with Gasteiger partial charge < -0.3 is 9.47 Å². The molecule has 0 aliphatic heterocycles. The molecule has 0 aliphatic rings. The van der Waals surface area contributed by atoms with E-state index in [1.165, 1.54) is 31.8 Å². The lowest BCUT2D eigenvalue weighted by atomic mass is 9.98. The molecule has 0 bridgehead atoms. The van der Waals surface area contributed by atoms with Crippen LogP contribution in [-0.2, 0) is 19.7 Å². The highest BCUT2D eigenvalue weighted by Crippen LogP contribution is 2.30. The minimum absolute atomic E-state index is 0.0764. The van der Waals surface area contributed by atoms with Gasteiger partial charge in [0.1, 0.15) is 16.3 Å². The topological polar surface area (TPSA) is 65.7 Å². The number of carbonyl (C=O) groups excluding carboxylic acids is 1. The Bertz CT molecular complexity index is 707. The number of aromatic nitrogens is 3. The molecular formula is C14H19N3O3S. The molecule has 2 rings (SSSR count). The first-order valence-electron chi connectivity index (χ1n) is 6.48. The van der Waals surface area contributed by atoms with Gasteiger partial charge in [-0.05, 0) is 6.92 Å². The van der Waals surface area contributed by atoms with Gasteiger partial charge in [-0.2, -0.15) is 5.10 Å². The molecule has 0 fully saturated rings. The fourth-order valence-electron chi connectivity index (χ4n) is 1.89. The molecule has 0 atom stereocenters. The first kappa shape index (κ1) is 15.5. The molecule has 21 heavy (non-hydrogen) atoms. The second-order valence-corrected chi connectivity index (χ2v) is 6.61. The van der Waals surface area contributed by atoms with Crippen molar-refractivity contribution in [2.24, 2.45) is 0 Å². The lowest BCUT2D eigenvalue weighted by molar-refractivity contribution is -0.133. The Morgan fingerprint density at radius 2 is 2.00 bits per heavy atom. The summed E-state index contributed by atoms with van der Waals surface area (Å²) in [6.45, 7) is 8.10. The smallest absolute Gasteiger partial charge is 0.343 e. The van der Waals surface area contributed by atoms with E-state index >= 15 is 0 Å². The molecule has 114 valence electrons. The van der Waals surface area contributed by atoms with E-state index in [0.717, 1.165) is 9.97 Å². The van der Waals surface area contributed by atoms with E-state index in [1.54, 1.807) is 4.52 Å². The summed E-state index contributed by atoms with van der Waals surface area (Å²) in [4.78, 5) is 17.2. The Morgan fingerprint density at radius 1 is 1.33 bits per heavy atom. The first-order valence-corrected chi connectivity index (χ1v) is 7.29. The van der Waals surface area contributed by atoms with Gasteiger partial charge in [-0.25, -0.2) is 14.3 Å². The molecule has 2 heterocycles. The second-order valence-electron chi connectivity index (χ2n) is 5.66. The van der Waals surface area contributed by atoms with Gasteiger partial charge >= 0.3 is 5.97 Å². The van der Waals surface area contributed by atoms with E-state index in [0.29, 0.717) is 17.0 Å². The minimum atomic E-state index is -0.480. The van der Waals surface area contributed by atoms with E-state index < -0.39 is 5.97 Å². The SMILES string of the molecule is COC=C(C(=O)OC)c1c(C)nc2sc(C(C)(C)C)nn12. The fourth-order valence-corrected chi connectivity index (χ4v) is 2.89. The maximum Gasteiger partial charge on any atom is 0.343 e. The zero-order chi connectivity index (χ0) is 15.8.